The Kier molecular flexibility index (Phi) is 5.01. The lowest BCUT2D eigenvalue weighted by Gasteiger charge is -2.44. The molecule has 0 bridgehead atoms. The molecule has 1 heterocycles. The number of likely N-dealkylation sites (tertiary alicyclic amines) is 1. The number of carbonyl (C=O) groups is 1. The molecule has 1 saturated heterocycles. The van der Waals surface area contributed by atoms with Crippen molar-refractivity contribution in [1.82, 2.24) is 10.2 Å². The SMILES string of the molecule is CC(C)[C@H](C)N1CC(NC(=O)OCc2ccccc2)C1. The second-order valence-corrected chi connectivity index (χ2v) is 5.84. The molecular formula is C16H24N2O2. The van der Waals surface area contributed by atoms with Gasteiger partial charge in [-0.05, 0) is 18.4 Å². The molecular weight excluding hydrogens is 252 g/mol. The van der Waals surface area contributed by atoms with Gasteiger partial charge in [-0.25, -0.2) is 4.79 Å². The molecule has 0 aromatic heterocycles. The Morgan fingerprint density at radius 1 is 1.30 bits per heavy atom. The molecule has 110 valence electrons. The lowest BCUT2D eigenvalue weighted by Crippen LogP contribution is -2.62. The van der Waals surface area contributed by atoms with Crippen molar-refractivity contribution in [2.45, 2.75) is 39.5 Å². The van der Waals surface area contributed by atoms with Crippen molar-refractivity contribution in [3.8, 4) is 0 Å². The van der Waals surface area contributed by atoms with Gasteiger partial charge in [-0.2, -0.15) is 0 Å². The van der Waals surface area contributed by atoms with Crippen molar-refractivity contribution in [2.75, 3.05) is 13.1 Å². The fraction of sp³-hybridized carbons (Fsp3) is 0.562. The first kappa shape index (κ1) is 14.9. The van der Waals surface area contributed by atoms with Crippen molar-refractivity contribution < 1.29 is 9.53 Å². The third-order valence-electron chi connectivity index (χ3n) is 3.99. The summed E-state index contributed by atoms with van der Waals surface area (Å²) in [6.07, 6.45) is -0.323. The van der Waals surface area contributed by atoms with Crippen LogP contribution in [0.4, 0.5) is 4.79 Å². The zero-order chi connectivity index (χ0) is 14.5. The van der Waals surface area contributed by atoms with Gasteiger partial charge in [0, 0.05) is 19.1 Å². The van der Waals surface area contributed by atoms with Gasteiger partial charge in [-0.3, -0.25) is 4.90 Å². The van der Waals surface area contributed by atoms with Gasteiger partial charge in [0.15, 0.2) is 0 Å². The second-order valence-electron chi connectivity index (χ2n) is 5.84. The summed E-state index contributed by atoms with van der Waals surface area (Å²) in [6.45, 7) is 8.83. The van der Waals surface area contributed by atoms with E-state index in [1.807, 2.05) is 30.3 Å². The molecule has 2 rings (SSSR count). The molecule has 4 heteroatoms. The monoisotopic (exact) mass is 276 g/mol. The van der Waals surface area contributed by atoms with Crippen molar-refractivity contribution in [1.29, 1.82) is 0 Å². The molecule has 1 aromatic carbocycles. The predicted octanol–water partition coefficient (Wildman–Crippen LogP) is 2.64. The largest absolute Gasteiger partial charge is 0.445 e. The van der Waals surface area contributed by atoms with Crippen molar-refractivity contribution in [2.24, 2.45) is 5.92 Å². The van der Waals surface area contributed by atoms with Gasteiger partial charge < -0.3 is 10.1 Å². The number of hydrogen-bond acceptors (Lipinski definition) is 3. The molecule has 0 radical (unpaired) electrons. The normalized spacial score (nSPS) is 17.6. The van der Waals surface area contributed by atoms with Gasteiger partial charge in [0.05, 0.1) is 6.04 Å². The minimum Gasteiger partial charge on any atom is -0.445 e. The Labute approximate surface area is 121 Å². The third kappa shape index (κ3) is 3.97. The van der Waals surface area contributed by atoms with Gasteiger partial charge >= 0.3 is 6.09 Å². The summed E-state index contributed by atoms with van der Waals surface area (Å²) in [7, 11) is 0. The highest BCUT2D eigenvalue weighted by atomic mass is 16.5. The van der Waals surface area contributed by atoms with Crippen molar-refractivity contribution in [3.63, 3.8) is 0 Å². The molecule has 1 amide bonds. The maximum Gasteiger partial charge on any atom is 0.407 e. The lowest BCUT2D eigenvalue weighted by molar-refractivity contribution is 0.0553. The molecule has 1 aliphatic heterocycles. The average molecular weight is 276 g/mol. The lowest BCUT2D eigenvalue weighted by atomic mass is 9.98. The number of benzene rings is 1. The number of amides is 1. The van der Waals surface area contributed by atoms with Gasteiger partial charge in [0.1, 0.15) is 6.61 Å². The average Bonchev–Trinajstić information content (AvgIpc) is 2.40. The Morgan fingerprint density at radius 2 is 1.95 bits per heavy atom. The predicted molar refractivity (Wildman–Crippen MR) is 79.4 cm³/mol. The molecule has 1 atom stereocenters. The molecule has 0 aliphatic carbocycles. The molecule has 1 N–H and O–H groups in total. The number of nitrogens with zero attached hydrogens (tertiary/aromatic N) is 1. The summed E-state index contributed by atoms with van der Waals surface area (Å²) in [6, 6.07) is 10.5. The van der Waals surface area contributed by atoms with E-state index in [0.29, 0.717) is 18.6 Å². The quantitative estimate of drug-likeness (QED) is 0.899. The van der Waals surface area contributed by atoms with Crippen LogP contribution in [0, 0.1) is 5.92 Å². The Balaban J connectivity index is 1.65. The number of ether oxygens (including phenoxy) is 1. The van der Waals surface area contributed by atoms with E-state index >= 15 is 0 Å². The van der Waals surface area contributed by atoms with Crippen LogP contribution in [-0.4, -0.2) is 36.2 Å². The molecule has 0 spiro atoms. The molecule has 20 heavy (non-hydrogen) atoms. The molecule has 0 saturated carbocycles. The summed E-state index contributed by atoms with van der Waals surface area (Å²) in [5.74, 6) is 0.640. The van der Waals surface area contributed by atoms with E-state index in [0.717, 1.165) is 18.7 Å². The van der Waals surface area contributed by atoms with Crippen LogP contribution in [0.25, 0.3) is 0 Å². The fourth-order valence-corrected chi connectivity index (χ4v) is 2.29. The van der Waals surface area contributed by atoms with E-state index in [2.05, 4.69) is 31.0 Å². The van der Waals surface area contributed by atoms with Crippen molar-refractivity contribution in [3.05, 3.63) is 35.9 Å². The molecule has 1 aliphatic rings. The highest BCUT2D eigenvalue weighted by Crippen LogP contribution is 2.17. The smallest absolute Gasteiger partial charge is 0.407 e. The summed E-state index contributed by atoms with van der Waals surface area (Å²) < 4.78 is 5.21. The van der Waals surface area contributed by atoms with Crippen LogP contribution in [0.2, 0.25) is 0 Å². The van der Waals surface area contributed by atoms with Crippen LogP contribution in [0.1, 0.15) is 26.3 Å². The van der Waals surface area contributed by atoms with Gasteiger partial charge in [-0.1, -0.05) is 44.2 Å². The van der Waals surface area contributed by atoms with Crippen LogP contribution in [0.3, 0.4) is 0 Å². The topological polar surface area (TPSA) is 41.6 Å². The summed E-state index contributed by atoms with van der Waals surface area (Å²) in [4.78, 5) is 14.1. The van der Waals surface area contributed by atoms with E-state index in [4.69, 9.17) is 4.74 Å². The fourth-order valence-electron chi connectivity index (χ4n) is 2.29. The van der Waals surface area contributed by atoms with Crippen molar-refractivity contribution >= 4 is 6.09 Å². The number of hydrogen-bond donors (Lipinski definition) is 1. The molecule has 0 unspecified atom stereocenters. The number of carbonyl (C=O) groups excluding carboxylic acids is 1. The second kappa shape index (κ2) is 6.75. The molecule has 1 fully saturated rings. The molecule has 1 aromatic rings. The summed E-state index contributed by atoms with van der Waals surface area (Å²) in [5.41, 5.74) is 1.01. The van der Waals surface area contributed by atoms with E-state index in [1.54, 1.807) is 0 Å². The first-order chi connectivity index (χ1) is 9.56. The summed E-state index contributed by atoms with van der Waals surface area (Å²) in [5, 5.41) is 2.91. The summed E-state index contributed by atoms with van der Waals surface area (Å²) >= 11 is 0. The van der Waals surface area contributed by atoms with Gasteiger partial charge in [0.25, 0.3) is 0 Å². The molecule has 4 nitrogen and oxygen atoms in total. The zero-order valence-corrected chi connectivity index (χ0v) is 12.5. The zero-order valence-electron chi connectivity index (χ0n) is 12.5. The maximum atomic E-state index is 11.7. The van der Waals surface area contributed by atoms with Crippen LogP contribution >= 0.6 is 0 Å². The first-order valence-corrected chi connectivity index (χ1v) is 7.27. The van der Waals surface area contributed by atoms with Gasteiger partial charge in [-0.15, -0.1) is 0 Å². The van der Waals surface area contributed by atoms with Gasteiger partial charge in [0.2, 0.25) is 0 Å². The van der Waals surface area contributed by atoms with E-state index in [-0.39, 0.29) is 12.1 Å². The van der Waals surface area contributed by atoms with Crippen LogP contribution in [0.15, 0.2) is 30.3 Å². The third-order valence-corrected chi connectivity index (χ3v) is 3.99. The van der Waals surface area contributed by atoms with E-state index in [9.17, 15) is 4.79 Å². The van der Waals surface area contributed by atoms with Crippen LogP contribution in [-0.2, 0) is 11.3 Å². The van der Waals surface area contributed by atoms with E-state index < -0.39 is 0 Å². The highest BCUT2D eigenvalue weighted by molar-refractivity contribution is 5.67. The first-order valence-electron chi connectivity index (χ1n) is 7.27. The van der Waals surface area contributed by atoms with Crippen LogP contribution < -0.4 is 5.32 Å². The Hall–Kier alpha value is -1.55. The van der Waals surface area contributed by atoms with Crippen LogP contribution in [0.5, 0.6) is 0 Å². The highest BCUT2D eigenvalue weighted by Gasteiger charge is 2.32. The Morgan fingerprint density at radius 3 is 2.55 bits per heavy atom. The standard InChI is InChI=1S/C16H24N2O2/c1-12(2)13(3)18-9-15(10-18)17-16(19)20-11-14-7-5-4-6-8-14/h4-8,12-13,15H,9-11H2,1-3H3,(H,17,19)/t13-/m0/s1. The minimum absolute atomic E-state index is 0.222. The minimum atomic E-state index is -0.323. The number of rotatable bonds is 5. The maximum absolute atomic E-state index is 11.7. The Bertz CT molecular complexity index is 427. The number of alkyl carbamates (subject to hydrolysis) is 1. The van der Waals surface area contributed by atoms with E-state index in [1.165, 1.54) is 0 Å². The number of nitrogens with one attached hydrogen (secondary N) is 1.